The van der Waals surface area contributed by atoms with Gasteiger partial charge in [0.1, 0.15) is 5.82 Å². The number of guanidine groups is 1. The summed E-state index contributed by atoms with van der Waals surface area (Å²) in [5, 5.41) is 7.35. The smallest absolute Gasteiger partial charge is 0.191 e. The van der Waals surface area contributed by atoms with Crippen LogP contribution in [-0.2, 0) is 13.0 Å². The number of nitrogens with zero attached hydrogens (tertiary/aromatic N) is 3. The molecule has 2 heterocycles. The van der Waals surface area contributed by atoms with Gasteiger partial charge in [0.15, 0.2) is 5.96 Å². The monoisotopic (exact) mass is 449 g/mol. The van der Waals surface area contributed by atoms with Gasteiger partial charge in [0.25, 0.3) is 0 Å². The van der Waals surface area contributed by atoms with E-state index >= 15 is 0 Å². The van der Waals surface area contributed by atoms with Crippen molar-refractivity contribution < 1.29 is 4.39 Å². The van der Waals surface area contributed by atoms with Crippen LogP contribution in [-0.4, -0.2) is 29.5 Å². The minimum Gasteiger partial charge on any atom is -0.356 e. The zero-order chi connectivity index (χ0) is 15.9. The highest BCUT2D eigenvalue weighted by atomic mass is 127. The number of aromatic nitrogens is 2. The molecule has 0 saturated heterocycles. The number of aryl methyl sites for hydroxylation is 2. The standard InChI is InChI=1S/C15H20FN5S.HI/c1-10-11(2)22-14(21-10)6-8-19-15(17-3)20-9-13-12(16)5-4-7-18-13;/h4-5,7H,6,8-9H2,1-3H3,(H2,17,19,20);1H. The number of halogens is 2. The zero-order valence-corrected chi connectivity index (χ0v) is 16.5. The average molecular weight is 449 g/mol. The van der Waals surface area contributed by atoms with Crippen LogP contribution in [0.1, 0.15) is 21.3 Å². The number of nitrogens with one attached hydrogen (secondary N) is 2. The van der Waals surface area contributed by atoms with Gasteiger partial charge in [0.2, 0.25) is 0 Å². The molecule has 23 heavy (non-hydrogen) atoms. The van der Waals surface area contributed by atoms with Gasteiger partial charge in [-0.1, -0.05) is 0 Å². The Labute approximate surface area is 156 Å². The van der Waals surface area contributed by atoms with Crippen LogP contribution in [0.5, 0.6) is 0 Å². The normalized spacial score (nSPS) is 11.0. The number of hydrogen-bond acceptors (Lipinski definition) is 4. The lowest BCUT2D eigenvalue weighted by Crippen LogP contribution is -2.38. The Morgan fingerprint density at radius 1 is 1.35 bits per heavy atom. The fourth-order valence-electron chi connectivity index (χ4n) is 1.87. The van der Waals surface area contributed by atoms with E-state index in [1.54, 1.807) is 30.6 Å². The van der Waals surface area contributed by atoms with Crippen LogP contribution in [0.4, 0.5) is 4.39 Å². The lowest BCUT2D eigenvalue weighted by atomic mass is 10.3. The Morgan fingerprint density at radius 3 is 2.74 bits per heavy atom. The van der Waals surface area contributed by atoms with Crippen LogP contribution in [0.25, 0.3) is 0 Å². The van der Waals surface area contributed by atoms with E-state index in [0.717, 1.165) is 23.7 Å². The third-order valence-corrected chi connectivity index (χ3v) is 4.32. The number of thiazole rings is 1. The zero-order valence-electron chi connectivity index (χ0n) is 13.4. The van der Waals surface area contributed by atoms with Crippen LogP contribution in [0, 0.1) is 19.7 Å². The topological polar surface area (TPSA) is 62.2 Å². The summed E-state index contributed by atoms with van der Waals surface area (Å²) >= 11 is 1.71. The lowest BCUT2D eigenvalue weighted by Gasteiger charge is -2.11. The summed E-state index contributed by atoms with van der Waals surface area (Å²) < 4.78 is 13.5. The Bertz CT molecular complexity index is 640. The molecule has 8 heteroatoms. The molecule has 2 rings (SSSR count). The fourth-order valence-corrected chi connectivity index (χ4v) is 2.80. The molecular formula is C15H21FIN5S. The Morgan fingerprint density at radius 2 is 2.13 bits per heavy atom. The molecule has 2 N–H and O–H groups in total. The maximum absolute atomic E-state index is 13.5. The van der Waals surface area contributed by atoms with Crippen molar-refractivity contribution in [2.75, 3.05) is 13.6 Å². The summed E-state index contributed by atoms with van der Waals surface area (Å²) in [6.07, 6.45) is 2.40. The van der Waals surface area contributed by atoms with Gasteiger partial charge in [-0.3, -0.25) is 9.98 Å². The maximum Gasteiger partial charge on any atom is 0.191 e. The van der Waals surface area contributed by atoms with Gasteiger partial charge in [0, 0.05) is 31.1 Å². The molecule has 0 aliphatic heterocycles. The lowest BCUT2D eigenvalue weighted by molar-refractivity contribution is 0.592. The van der Waals surface area contributed by atoms with Crippen molar-refractivity contribution in [1.29, 1.82) is 0 Å². The van der Waals surface area contributed by atoms with Crippen molar-refractivity contribution in [1.82, 2.24) is 20.6 Å². The second-order valence-corrected chi connectivity index (χ2v) is 6.07. The summed E-state index contributed by atoms with van der Waals surface area (Å²) in [6, 6.07) is 2.97. The van der Waals surface area contributed by atoms with E-state index in [2.05, 4.69) is 32.5 Å². The highest BCUT2D eigenvalue weighted by Crippen LogP contribution is 2.16. The number of rotatable bonds is 5. The molecule has 0 radical (unpaired) electrons. The highest BCUT2D eigenvalue weighted by molar-refractivity contribution is 14.0. The number of hydrogen-bond donors (Lipinski definition) is 2. The third-order valence-electron chi connectivity index (χ3n) is 3.19. The molecule has 126 valence electrons. The molecule has 0 saturated carbocycles. The Hall–Kier alpha value is -1.29. The van der Waals surface area contributed by atoms with Crippen molar-refractivity contribution in [2.24, 2.45) is 4.99 Å². The molecule has 0 aliphatic rings. The first-order valence-electron chi connectivity index (χ1n) is 7.07. The Kier molecular flexibility index (Phi) is 8.38. The molecule has 0 aromatic carbocycles. The Balaban J connectivity index is 0.00000264. The predicted octanol–water partition coefficient (Wildman–Crippen LogP) is 2.82. The van der Waals surface area contributed by atoms with Crippen molar-refractivity contribution in [3.63, 3.8) is 0 Å². The van der Waals surface area contributed by atoms with Gasteiger partial charge in [-0.05, 0) is 26.0 Å². The first-order valence-corrected chi connectivity index (χ1v) is 7.88. The molecule has 2 aromatic rings. The molecule has 0 unspecified atom stereocenters. The number of aliphatic imine (C=N–C) groups is 1. The van der Waals surface area contributed by atoms with Crippen LogP contribution in [0.2, 0.25) is 0 Å². The second kappa shape index (κ2) is 9.76. The maximum atomic E-state index is 13.5. The van der Waals surface area contributed by atoms with Crippen molar-refractivity contribution in [2.45, 2.75) is 26.8 Å². The van der Waals surface area contributed by atoms with Crippen LogP contribution in [0.3, 0.4) is 0 Å². The summed E-state index contributed by atoms with van der Waals surface area (Å²) in [4.78, 5) is 13.9. The average Bonchev–Trinajstić information content (AvgIpc) is 2.82. The molecular weight excluding hydrogens is 428 g/mol. The number of pyridine rings is 1. The van der Waals surface area contributed by atoms with Crippen LogP contribution in [0.15, 0.2) is 23.3 Å². The first kappa shape index (κ1) is 19.8. The third kappa shape index (κ3) is 6.02. The SMILES string of the molecule is CN=C(NCCc1nc(C)c(C)s1)NCc1ncccc1F.I. The van der Waals surface area contributed by atoms with Gasteiger partial charge in [-0.25, -0.2) is 9.37 Å². The van der Waals surface area contributed by atoms with Gasteiger partial charge < -0.3 is 10.6 Å². The molecule has 0 fully saturated rings. The molecule has 5 nitrogen and oxygen atoms in total. The molecule has 0 bridgehead atoms. The van der Waals surface area contributed by atoms with E-state index in [0.29, 0.717) is 18.2 Å². The quantitative estimate of drug-likeness (QED) is 0.419. The molecule has 0 atom stereocenters. The highest BCUT2D eigenvalue weighted by Gasteiger charge is 2.06. The molecule has 0 aliphatic carbocycles. The molecule has 0 amide bonds. The minimum atomic E-state index is -0.320. The first-order chi connectivity index (χ1) is 10.6. The van der Waals surface area contributed by atoms with Gasteiger partial charge in [0.05, 0.1) is 22.9 Å². The fraction of sp³-hybridized carbons (Fsp3) is 0.400. The van der Waals surface area contributed by atoms with Crippen molar-refractivity contribution in [3.8, 4) is 0 Å². The van der Waals surface area contributed by atoms with Gasteiger partial charge >= 0.3 is 0 Å². The van der Waals surface area contributed by atoms with Crippen LogP contribution >= 0.6 is 35.3 Å². The molecule has 0 spiro atoms. The largest absolute Gasteiger partial charge is 0.356 e. The second-order valence-electron chi connectivity index (χ2n) is 4.78. The summed E-state index contributed by atoms with van der Waals surface area (Å²) in [7, 11) is 1.68. The van der Waals surface area contributed by atoms with E-state index in [1.807, 2.05) is 6.92 Å². The van der Waals surface area contributed by atoms with E-state index in [4.69, 9.17) is 0 Å². The van der Waals surface area contributed by atoms with Crippen LogP contribution < -0.4 is 10.6 Å². The molecule has 2 aromatic heterocycles. The van der Waals surface area contributed by atoms with Gasteiger partial charge in [-0.2, -0.15) is 0 Å². The van der Waals surface area contributed by atoms with E-state index in [1.165, 1.54) is 10.9 Å². The van der Waals surface area contributed by atoms with E-state index in [9.17, 15) is 4.39 Å². The van der Waals surface area contributed by atoms with E-state index < -0.39 is 0 Å². The summed E-state index contributed by atoms with van der Waals surface area (Å²) in [5.41, 5.74) is 1.46. The summed E-state index contributed by atoms with van der Waals surface area (Å²) in [5.74, 6) is 0.300. The predicted molar refractivity (Wildman–Crippen MR) is 103 cm³/mol. The van der Waals surface area contributed by atoms with Crippen molar-refractivity contribution >= 4 is 41.3 Å². The van der Waals surface area contributed by atoms with E-state index in [-0.39, 0.29) is 29.8 Å². The minimum absolute atomic E-state index is 0. The summed E-state index contributed by atoms with van der Waals surface area (Å²) in [6.45, 7) is 5.11. The van der Waals surface area contributed by atoms with Crippen molar-refractivity contribution in [3.05, 3.63) is 45.4 Å². The van der Waals surface area contributed by atoms with Gasteiger partial charge in [-0.15, -0.1) is 35.3 Å².